The van der Waals surface area contributed by atoms with Gasteiger partial charge in [0.05, 0.1) is 16.0 Å². The second kappa shape index (κ2) is 15.1. The van der Waals surface area contributed by atoms with Crippen molar-refractivity contribution in [2.75, 3.05) is 38.5 Å². The summed E-state index contributed by atoms with van der Waals surface area (Å²) < 4.78 is 16.5. The first-order valence-electron chi connectivity index (χ1n) is 16.1. The summed E-state index contributed by atoms with van der Waals surface area (Å²) in [5.74, 6) is -2.53. The maximum atomic E-state index is 15.6. The highest BCUT2D eigenvalue weighted by Crippen LogP contribution is 2.30. The average Bonchev–Trinajstić information content (AvgIpc) is 3.51. The molecule has 2 aliphatic rings. The lowest BCUT2D eigenvalue weighted by Crippen LogP contribution is -2.55. The molecular formula is C34H43FN6O4S. The van der Waals surface area contributed by atoms with Gasteiger partial charge in [-0.1, -0.05) is 39.2 Å². The Balaban J connectivity index is 1.33. The summed E-state index contributed by atoms with van der Waals surface area (Å²) in [6.07, 6.45) is 8.13. The minimum atomic E-state index is -0.856. The molecule has 3 N–H and O–H groups in total. The van der Waals surface area contributed by atoms with E-state index in [2.05, 4.69) is 25.8 Å². The number of carbonyl (C=O) groups excluding carboxylic acids is 4. The lowest BCUT2D eigenvalue weighted by atomic mass is 9.83. The Hall–Kier alpha value is -3.90. The molecule has 2 fully saturated rings. The molecule has 0 radical (unpaired) electrons. The van der Waals surface area contributed by atoms with Crippen LogP contribution in [0, 0.1) is 11.7 Å². The fraction of sp³-hybridized carbons (Fsp3) is 0.500. The van der Waals surface area contributed by atoms with Crippen LogP contribution in [0.15, 0.2) is 42.0 Å². The zero-order chi connectivity index (χ0) is 32.8. The van der Waals surface area contributed by atoms with Crippen LogP contribution in [-0.4, -0.2) is 83.7 Å². The standard InChI is InChI=1S/C34H43FN6O4S/c1-4-29(42)38-30(34(45)41-16-14-40(3)15-17-41)21(2)23-10-11-27(26(35)18-23)37-33(44)31(22-8-6-5-7-9-22)39-32(43)25-20-46-28-19-36-13-12-24(25)28/h10-13,18-22,30-31H,4-9,14-17H2,1-3H3,(H,37,44)(H,38,42)(H,39,43). The zero-order valence-electron chi connectivity index (χ0n) is 26.7. The van der Waals surface area contributed by atoms with Crippen LogP contribution in [0.4, 0.5) is 10.1 Å². The SMILES string of the molecule is CCC(=O)NC(C(=O)N1CCN(C)CC1)C(C)c1ccc(NC(=O)C(NC(=O)c2csc3cnccc23)C2CCCCC2)c(F)c1. The quantitative estimate of drug-likeness (QED) is 0.297. The van der Waals surface area contributed by atoms with Crippen LogP contribution in [0.5, 0.6) is 0 Å². The number of pyridine rings is 1. The van der Waals surface area contributed by atoms with Gasteiger partial charge in [0.15, 0.2) is 0 Å². The van der Waals surface area contributed by atoms with Crippen molar-refractivity contribution in [3.63, 3.8) is 0 Å². The van der Waals surface area contributed by atoms with Gasteiger partial charge in [-0.2, -0.15) is 0 Å². The molecule has 3 atom stereocenters. The van der Waals surface area contributed by atoms with Gasteiger partial charge in [-0.3, -0.25) is 24.2 Å². The predicted molar refractivity (Wildman–Crippen MR) is 177 cm³/mol. The van der Waals surface area contributed by atoms with Crippen LogP contribution in [0.1, 0.15) is 74.2 Å². The van der Waals surface area contributed by atoms with E-state index in [1.807, 2.05) is 7.05 Å². The molecule has 46 heavy (non-hydrogen) atoms. The van der Waals surface area contributed by atoms with Crippen LogP contribution < -0.4 is 16.0 Å². The number of hydrogen-bond acceptors (Lipinski definition) is 7. The van der Waals surface area contributed by atoms with Crippen molar-refractivity contribution in [3.8, 4) is 0 Å². The second-order valence-corrected chi connectivity index (χ2v) is 13.3. The van der Waals surface area contributed by atoms with Crippen molar-refractivity contribution < 1.29 is 23.6 Å². The van der Waals surface area contributed by atoms with Crippen LogP contribution in [-0.2, 0) is 14.4 Å². The molecule has 0 spiro atoms. The number of rotatable bonds is 10. The largest absolute Gasteiger partial charge is 0.344 e. The predicted octanol–water partition coefficient (Wildman–Crippen LogP) is 4.53. The average molecular weight is 651 g/mol. The molecule has 0 bridgehead atoms. The third-order valence-electron chi connectivity index (χ3n) is 9.31. The number of nitrogens with one attached hydrogen (secondary N) is 3. The Morgan fingerprint density at radius 1 is 1.04 bits per heavy atom. The Bertz CT molecular complexity index is 1570. The van der Waals surface area contributed by atoms with Gasteiger partial charge in [0, 0.05) is 61.7 Å². The number of nitrogens with zero attached hydrogens (tertiary/aromatic N) is 3. The molecular weight excluding hydrogens is 607 g/mol. The molecule has 1 saturated heterocycles. The van der Waals surface area contributed by atoms with E-state index in [9.17, 15) is 19.2 Å². The molecule has 1 aromatic carbocycles. The van der Waals surface area contributed by atoms with Crippen molar-refractivity contribution in [1.82, 2.24) is 25.4 Å². The maximum absolute atomic E-state index is 15.6. The summed E-state index contributed by atoms with van der Waals surface area (Å²) in [4.78, 5) is 61.1. The molecule has 4 amide bonds. The van der Waals surface area contributed by atoms with E-state index in [0.717, 1.165) is 55.3 Å². The summed E-state index contributed by atoms with van der Waals surface area (Å²) >= 11 is 1.42. The fourth-order valence-electron chi connectivity index (χ4n) is 6.36. The topological polar surface area (TPSA) is 124 Å². The minimum absolute atomic E-state index is 0.0115. The van der Waals surface area contributed by atoms with E-state index < -0.39 is 29.7 Å². The Kier molecular flexibility index (Phi) is 11.0. The van der Waals surface area contributed by atoms with Crippen molar-refractivity contribution in [2.45, 2.75) is 70.4 Å². The van der Waals surface area contributed by atoms with Gasteiger partial charge in [0.1, 0.15) is 17.9 Å². The normalized spacial score (nSPS) is 18.0. The Labute approximate surface area is 273 Å². The van der Waals surface area contributed by atoms with Crippen LogP contribution in [0.25, 0.3) is 10.1 Å². The number of aromatic nitrogens is 1. The molecule has 1 aliphatic heterocycles. The zero-order valence-corrected chi connectivity index (χ0v) is 27.5. The lowest BCUT2D eigenvalue weighted by Gasteiger charge is -2.36. The third-order valence-corrected chi connectivity index (χ3v) is 10.2. The van der Waals surface area contributed by atoms with E-state index >= 15 is 4.39 Å². The second-order valence-electron chi connectivity index (χ2n) is 12.4. The van der Waals surface area contributed by atoms with Gasteiger partial charge in [0.25, 0.3) is 5.91 Å². The number of thiophene rings is 1. The molecule has 10 nitrogen and oxygen atoms in total. The summed E-state index contributed by atoms with van der Waals surface area (Å²) in [5, 5.41) is 11.1. The van der Waals surface area contributed by atoms with Crippen LogP contribution in [0.3, 0.4) is 0 Å². The first-order chi connectivity index (χ1) is 22.2. The maximum Gasteiger partial charge on any atom is 0.253 e. The monoisotopic (exact) mass is 650 g/mol. The van der Waals surface area contributed by atoms with Gasteiger partial charge in [-0.05, 0) is 49.6 Å². The number of fused-ring (bicyclic) bond motifs is 1. The summed E-state index contributed by atoms with van der Waals surface area (Å²) in [6, 6.07) is 4.55. The first kappa shape index (κ1) is 33.5. The molecule has 3 aromatic rings. The van der Waals surface area contributed by atoms with E-state index in [1.54, 1.807) is 48.7 Å². The van der Waals surface area contributed by atoms with Gasteiger partial charge in [-0.15, -0.1) is 11.3 Å². The number of piperazine rings is 1. The number of halogens is 1. The van der Waals surface area contributed by atoms with Gasteiger partial charge >= 0.3 is 0 Å². The highest BCUT2D eigenvalue weighted by atomic mass is 32.1. The van der Waals surface area contributed by atoms with Crippen molar-refractivity contribution >= 4 is 50.7 Å². The highest BCUT2D eigenvalue weighted by molar-refractivity contribution is 7.17. The number of amides is 4. The number of anilines is 1. The van der Waals surface area contributed by atoms with E-state index in [1.165, 1.54) is 23.5 Å². The van der Waals surface area contributed by atoms with Crippen molar-refractivity contribution in [3.05, 3.63) is 59.0 Å². The first-order valence-corrected chi connectivity index (χ1v) is 17.0. The molecule has 246 valence electrons. The number of benzene rings is 1. The Morgan fingerprint density at radius 2 is 1.78 bits per heavy atom. The fourth-order valence-corrected chi connectivity index (χ4v) is 7.27. The highest BCUT2D eigenvalue weighted by Gasteiger charge is 2.34. The molecule has 5 rings (SSSR count). The third kappa shape index (κ3) is 7.72. The minimum Gasteiger partial charge on any atom is -0.344 e. The van der Waals surface area contributed by atoms with Crippen molar-refractivity contribution in [2.24, 2.45) is 5.92 Å². The lowest BCUT2D eigenvalue weighted by molar-refractivity contribution is -0.138. The van der Waals surface area contributed by atoms with Crippen LogP contribution >= 0.6 is 11.3 Å². The van der Waals surface area contributed by atoms with E-state index in [-0.39, 0.29) is 35.7 Å². The summed E-state index contributed by atoms with van der Waals surface area (Å²) in [7, 11) is 2.00. The smallest absolute Gasteiger partial charge is 0.253 e. The number of carbonyl (C=O) groups is 4. The van der Waals surface area contributed by atoms with E-state index in [4.69, 9.17) is 0 Å². The Morgan fingerprint density at radius 3 is 2.48 bits per heavy atom. The number of hydrogen-bond donors (Lipinski definition) is 3. The molecule has 3 unspecified atom stereocenters. The van der Waals surface area contributed by atoms with Crippen LogP contribution in [0.2, 0.25) is 0 Å². The molecule has 1 saturated carbocycles. The molecule has 12 heteroatoms. The summed E-state index contributed by atoms with van der Waals surface area (Å²) in [6.45, 7) is 6.09. The van der Waals surface area contributed by atoms with Gasteiger partial charge < -0.3 is 25.8 Å². The number of likely N-dealkylation sites (N-methyl/N-ethyl adjacent to an activating group) is 1. The van der Waals surface area contributed by atoms with Crippen molar-refractivity contribution in [1.29, 1.82) is 0 Å². The van der Waals surface area contributed by atoms with Gasteiger partial charge in [0.2, 0.25) is 17.7 Å². The molecule has 1 aliphatic carbocycles. The van der Waals surface area contributed by atoms with E-state index in [0.29, 0.717) is 24.2 Å². The molecule has 2 aromatic heterocycles. The summed E-state index contributed by atoms with van der Waals surface area (Å²) in [5.41, 5.74) is 0.995. The molecule has 3 heterocycles. The van der Waals surface area contributed by atoms with Gasteiger partial charge in [-0.25, -0.2) is 4.39 Å².